The maximum absolute atomic E-state index is 14.0. The topological polar surface area (TPSA) is 114 Å². The van der Waals surface area contributed by atoms with E-state index in [1.54, 1.807) is 20.8 Å². The van der Waals surface area contributed by atoms with E-state index >= 15 is 0 Å². The molecular weight excluding hydrogens is 474 g/mol. The molecule has 0 aliphatic rings. The minimum atomic E-state index is -1.01. The van der Waals surface area contributed by atoms with E-state index in [4.69, 9.17) is 4.74 Å². The number of rotatable bonds is 12. The molecule has 0 aromatic heterocycles. The summed E-state index contributed by atoms with van der Waals surface area (Å²) in [6.45, 7) is 14.8. The Bertz CT molecular complexity index is 918. The molecule has 0 heterocycles. The Hall–Kier alpha value is -3.10. The fourth-order valence-electron chi connectivity index (χ4n) is 3.99. The lowest BCUT2D eigenvalue weighted by Gasteiger charge is -2.36. The molecule has 2 unspecified atom stereocenters. The lowest BCUT2D eigenvalue weighted by Crippen LogP contribution is -2.55. The highest BCUT2D eigenvalue weighted by Gasteiger charge is 2.37. The van der Waals surface area contributed by atoms with Crippen LogP contribution in [-0.2, 0) is 23.9 Å². The molecule has 0 radical (unpaired) electrons. The predicted molar refractivity (Wildman–Crippen MR) is 143 cm³/mol. The van der Waals surface area contributed by atoms with E-state index in [9.17, 15) is 19.2 Å². The first-order chi connectivity index (χ1) is 17.2. The number of methoxy groups -OCH3 is 1. The highest BCUT2D eigenvalue weighted by Crippen LogP contribution is 2.26. The maximum atomic E-state index is 14.0. The van der Waals surface area contributed by atoms with E-state index in [2.05, 4.69) is 22.3 Å². The van der Waals surface area contributed by atoms with Gasteiger partial charge in [0.25, 0.3) is 0 Å². The smallest absolute Gasteiger partial charge is 0.408 e. The third-order valence-electron chi connectivity index (χ3n) is 5.65. The van der Waals surface area contributed by atoms with Gasteiger partial charge in [-0.3, -0.25) is 14.4 Å². The first-order valence-corrected chi connectivity index (χ1v) is 12.9. The van der Waals surface area contributed by atoms with Crippen molar-refractivity contribution in [2.45, 2.75) is 92.3 Å². The van der Waals surface area contributed by atoms with Crippen molar-refractivity contribution >= 4 is 23.9 Å². The molecule has 1 aromatic carbocycles. The summed E-state index contributed by atoms with van der Waals surface area (Å²) in [5, 5.41) is 5.33. The van der Waals surface area contributed by atoms with Crippen LogP contribution in [0.4, 0.5) is 4.79 Å². The second-order valence-corrected chi connectivity index (χ2v) is 10.7. The van der Waals surface area contributed by atoms with Gasteiger partial charge in [0, 0.05) is 6.54 Å². The maximum Gasteiger partial charge on any atom is 0.408 e. The van der Waals surface area contributed by atoms with E-state index in [0.717, 1.165) is 24.0 Å². The highest BCUT2D eigenvalue weighted by atomic mass is 16.6. The number of carbonyl (C=O) groups is 4. The molecule has 3 amide bonds. The number of esters is 1. The number of amides is 3. The third kappa shape index (κ3) is 10.8. The van der Waals surface area contributed by atoms with Gasteiger partial charge in [0.05, 0.1) is 7.11 Å². The lowest BCUT2D eigenvalue weighted by molar-refractivity contribution is -0.145. The number of nitrogens with zero attached hydrogens (tertiary/aromatic N) is 1. The molecule has 0 aliphatic heterocycles. The normalized spacial score (nSPS) is 12.9. The van der Waals surface area contributed by atoms with E-state index in [-0.39, 0.29) is 12.5 Å². The van der Waals surface area contributed by atoms with Crippen LogP contribution in [0.1, 0.15) is 83.5 Å². The van der Waals surface area contributed by atoms with Crippen LogP contribution >= 0.6 is 0 Å². The minimum Gasteiger partial charge on any atom is -0.468 e. The van der Waals surface area contributed by atoms with Gasteiger partial charge in [0.15, 0.2) is 0 Å². The van der Waals surface area contributed by atoms with E-state index < -0.39 is 41.6 Å². The second-order valence-electron chi connectivity index (χ2n) is 10.7. The zero-order chi connectivity index (χ0) is 28.3. The first-order valence-electron chi connectivity index (χ1n) is 12.9. The average molecular weight is 520 g/mol. The van der Waals surface area contributed by atoms with Crippen LogP contribution in [0.15, 0.2) is 18.2 Å². The predicted octanol–water partition coefficient (Wildman–Crippen LogP) is 4.20. The number of unbranched alkanes of at least 4 members (excludes halogenated alkanes) is 2. The Morgan fingerprint density at radius 3 is 2.08 bits per heavy atom. The van der Waals surface area contributed by atoms with Crippen molar-refractivity contribution in [1.82, 2.24) is 15.5 Å². The monoisotopic (exact) mass is 519 g/mol. The number of nitrogens with one attached hydrogen (secondary N) is 2. The summed E-state index contributed by atoms with van der Waals surface area (Å²) >= 11 is 0. The second kappa shape index (κ2) is 14.6. The molecule has 0 aliphatic carbocycles. The van der Waals surface area contributed by atoms with E-state index in [1.807, 2.05) is 45.9 Å². The Morgan fingerprint density at radius 2 is 1.59 bits per heavy atom. The van der Waals surface area contributed by atoms with Crippen molar-refractivity contribution in [3.63, 3.8) is 0 Å². The van der Waals surface area contributed by atoms with Crippen molar-refractivity contribution in [2.75, 3.05) is 20.2 Å². The lowest BCUT2D eigenvalue weighted by atomic mass is 9.96. The number of ether oxygens (including phenoxy) is 2. The summed E-state index contributed by atoms with van der Waals surface area (Å²) in [5.41, 5.74) is 1.78. The van der Waals surface area contributed by atoms with Gasteiger partial charge in [-0.25, -0.2) is 4.79 Å². The number of hydrogen-bond acceptors (Lipinski definition) is 6. The molecule has 0 saturated carbocycles. The zero-order valence-corrected chi connectivity index (χ0v) is 23.9. The number of benzene rings is 1. The van der Waals surface area contributed by atoms with Crippen LogP contribution in [0.2, 0.25) is 0 Å². The van der Waals surface area contributed by atoms with Crippen LogP contribution in [0.3, 0.4) is 0 Å². The van der Waals surface area contributed by atoms with Gasteiger partial charge in [-0.2, -0.15) is 0 Å². The molecule has 0 spiro atoms. The summed E-state index contributed by atoms with van der Waals surface area (Å²) < 4.78 is 10.1. The molecule has 9 nitrogen and oxygen atoms in total. The molecule has 9 heteroatoms. The summed E-state index contributed by atoms with van der Waals surface area (Å²) in [5.74, 6) is -1.76. The Kier molecular flexibility index (Phi) is 12.6. The number of alkyl carbamates (subject to hydrolysis) is 1. The van der Waals surface area contributed by atoms with Crippen molar-refractivity contribution < 1.29 is 28.7 Å². The average Bonchev–Trinajstić information content (AvgIpc) is 2.77. The summed E-state index contributed by atoms with van der Waals surface area (Å²) in [6.07, 6.45) is 1.75. The fourth-order valence-corrected chi connectivity index (χ4v) is 3.99. The summed E-state index contributed by atoms with van der Waals surface area (Å²) in [4.78, 5) is 53.5. The molecule has 1 aromatic rings. The van der Waals surface area contributed by atoms with Crippen molar-refractivity contribution in [3.05, 3.63) is 34.9 Å². The fraction of sp³-hybridized carbons (Fsp3) is 0.643. The van der Waals surface area contributed by atoms with Gasteiger partial charge in [-0.05, 0) is 52.5 Å². The molecule has 0 bridgehead atoms. The number of hydrogen-bond donors (Lipinski definition) is 2. The largest absolute Gasteiger partial charge is 0.468 e. The van der Waals surface area contributed by atoms with Gasteiger partial charge >= 0.3 is 12.1 Å². The quantitative estimate of drug-likeness (QED) is 0.316. The Morgan fingerprint density at radius 1 is 1.00 bits per heavy atom. The van der Waals surface area contributed by atoms with E-state index in [1.165, 1.54) is 12.0 Å². The standard InChI is InChI=1S/C28H45N3O6/c1-10-11-12-13-31(26(34)23(18(2)3)30-27(35)37-28(6,7)8)24(25(33)29-17-22(32)36-9)21-15-19(4)14-20(5)16-21/h14-16,18,23-24H,10-13,17H2,1-9H3,(H,29,33)(H,30,35). The van der Waals surface area contributed by atoms with Crippen LogP contribution < -0.4 is 10.6 Å². The van der Waals surface area contributed by atoms with Gasteiger partial charge in [-0.1, -0.05) is 62.9 Å². The molecule has 208 valence electrons. The van der Waals surface area contributed by atoms with Gasteiger partial charge in [0.1, 0.15) is 24.2 Å². The summed E-state index contributed by atoms with van der Waals surface area (Å²) in [6, 6.07) is 3.78. The van der Waals surface area contributed by atoms with Gasteiger partial charge in [0.2, 0.25) is 11.8 Å². The van der Waals surface area contributed by atoms with Gasteiger partial charge in [-0.15, -0.1) is 0 Å². The van der Waals surface area contributed by atoms with Crippen LogP contribution in [0.5, 0.6) is 0 Å². The number of aryl methyl sites for hydroxylation is 2. The molecule has 0 saturated heterocycles. The molecule has 1 rings (SSSR count). The third-order valence-corrected chi connectivity index (χ3v) is 5.65. The van der Waals surface area contributed by atoms with E-state index in [0.29, 0.717) is 18.5 Å². The highest BCUT2D eigenvalue weighted by molar-refractivity contribution is 5.93. The van der Waals surface area contributed by atoms with Crippen molar-refractivity contribution in [1.29, 1.82) is 0 Å². The van der Waals surface area contributed by atoms with Crippen LogP contribution in [-0.4, -0.2) is 60.6 Å². The van der Waals surface area contributed by atoms with Gasteiger partial charge < -0.3 is 25.0 Å². The van der Waals surface area contributed by atoms with Crippen LogP contribution in [0.25, 0.3) is 0 Å². The Labute approximate surface area is 221 Å². The number of carbonyl (C=O) groups excluding carboxylic acids is 4. The first kappa shape index (κ1) is 31.9. The SMILES string of the molecule is CCCCCN(C(=O)C(NC(=O)OC(C)(C)C)C(C)C)C(C(=O)NCC(=O)OC)c1cc(C)cc(C)c1. The molecular formula is C28H45N3O6. The summed E-state index contributed by atoms with van der Waals surface area (Å²) in [7, 11) is 1.24. The Balaban J connectivity index is 3.52. The minimum absolute atomic E-state index is 0.272. The molecule has 37 heavy (non-hydrogen) atoms. The van der Waals surface area contributed by atoms with Crippen molar-refractivity contribution in [3.8, 4) is 0 Å². The van der Waals surface area contributed by atoms with Crippen LogP contribution in [0, 0.1) is 19.8 Å². The molecule has 2 atom stereocenters. The molecule has 0 fully saturated rings. The molecule has 2 N–H and O–H groups in total. The zero-order valence-electron chi connectivity index (χ0n) is 23.9. The van der Waals surface area contributed by atoms with Crippen molar-refractivity contribution in [2.24, 2.45) is 5.92 Å².